The molecule has 1 fully saturated rings. The minimum Gasteiger partial charge on any atom is -0.454 e. The molecule has 2 aliphatic rings. The van der Waals surface area contributed by atoms with Gasteiger partial charge in [0.15, 0.2) is 22.4 Å². The SMILES string of the molecule is O=C(CSc1nc2cc3c(cc2c(=O)n1CCC(=O)N1CCN(c2ccccc2)CC1)OCO3)c1ccc(F)cc1. The molecule has 41 heavy (non-hydrogen) atoms. The number of fused-ring (bicyclic) bond motifs is 2. The Balaban J connectivity index is 1.20. The summed E-state index contributed by atoms with van der Waals surface area (Å²) in [6, 6.07) is 18.7. The Labute approximate surface area is 239 Å². The average Bonchev–Trinajstić information content (AvgIpc) is 3.47. The molecule has 1 aromatic heterocycles. The number of ketones is 1. The van der Waals surface area contributed by atoms with Crippen molar-refractivity contribution in [3.05, 3.63) is 88.5 Å². The second kappa shape index (κ2) is 11.6. The van der Waals surface area contributed by atoms with Gasteiger partial charge in [0.05, 0.1) is 16.7 Å². The molecule has 3 heterocycles. The van der Waals surface area contributed by atoms with Crippen LogP contribution in [0.2, 0.25) is 0 Å². The molecule has 0 unspecified atom stereocenters. The fourth-order valence-corrected chi connectivity index (χ4v) is 5.89. The molecule has 0 spiro atoms. The fourth-order valence-electron chi connectivity index (χ4n) is 4.97. The van der Waals surface area contributed by atoms with Gasteiger partial charge in [-0.05, 0) is 42.5 Å². The van der Waals surface area contributed by atoms with Crippen molar-refractivity contribution >= 4 is 40.0 Å². The molecule has 0 aliphatic carbocycles. The Kier molecular flexibility index (Phi) is 7.60. The molecular formula is C30H27FN4O5S. The first kappa shape index (κ1) is 26.8. The van der Waals surface area contributed by atoms with E-state index in [-0.39, 0.29) is 42.8 Å². The largest absolute Gasteiger partial charge is 0.454 e. The maximum absolute atomic E-state index is 13.6. The smallest absolute Gasteiger partial charge is 0.262 e. The van der Waals surface area contributed by atoms with Crippen LogP contribution < -0.4 is 19.9 Å². The number of piperazine rings is 1. The van der Waals surface area contributed by atoms with Crippen LogP contribution in [0, 0.1) is 5.82 Å². The van der Waals surface area contributed by atoms with Crippen LogP contribution in [0.1, 0.15) is 16.8 Å². The third-order valence-corrected chi connectivity index (χ3v) is 8.19. The zero-order valence-electron chi connectivity index (χ0n) is 22.1. The number of hydrogen-bond donors (Lipinski definition) is 0. The highest BCUT2D eigenvalue weighted by Crippen LogP contribution is 2.35. The van der Waals surface area contributed by atoms with E-state index >= 15 is 0 Å². The number of benzene rings is 3. The number of Topliss-reactive ketones (excluding diaryl/α,β-unsaturated/α-hetero) is 1. The van der Waals surface area contributed by atoms with Crippen molar-refractivity contribution in [1.29, 1.82) is 0 Å². The first-order chi connectivity index (χ1) is 20.0. The van der Waals surface area contributed by atoms with Crippen molar-refractivity contribution in [2.45, 2.75) is 18.1 Å². The molecule has 9 nitrogen and oxygen atoms in total. The van der Waals surface area contributed by atoms with E-state index < -0.39 is 5.82 Å². The molecule has 4 aromatic rings. The van der Waals surface area contributed by atoms with E-state index in [1.54, 1.807) is 12.1 Å². The second-order valence-electron chi connectivity index (χ2n) is 9.75. The number of aromatic nitrogens is 2. The first-order valence-corrected chi connectivity index (χ1v) is 14.3. The lowest BCUT2D eigenvalue weighted by Gasteiger charge is -2.36. The molecular weight excluding hydrogens is 547 g/mol. The summed E-state index contributed by atoms with van der Waals surface area (Å²) in [5.74, 6) is 0.239. The zero-order chi connectivity index (χ0) is 28.3. The third kappa shape index (κ3) is 5.76. The molecule has 1 saturated heterocycles. The van der Waals surface area contributed by atoms with Gasteiger partial charge >= 0.3 is 0 Å². The van der Waals surface area contributed by atoms with E-state index in [0.717, 1.165) is 30.5 Å². The number of thioether (sulfide) groups is 1. The Morgan fingerprint density at radius 2 is 1.63 bits per heavy atom. The quantitative estimate of drug-likeness (QED) is 0.177. The molecule has 3 aromatic carbocycles. The lowest BCUT2D eigenvalue weighted by Crippen LogP contribution is -2.49. The van der Waals surface area contributed by atoms with E-state index in [4.69, 9.17) is 9.47 Å². The average molecular weight is 575 g/mol. The maximum atomic E-state index is 13.6. The summed E-state index contributed by atoms with van der Waals surface area (Å²) in [5.41, 5.74) is 1.58. The van der Waals surface area contributed by atoms with Gasteiger partial charge in [-0.1, -0.05) is 30.0 Å². The van der Waals surface area contributed by atoms with E-state index in [1.165, 1.54) is 28.8 Å². The molecule has 1 amide bonds. The number of ether oxygens (including phenoxy) is 2. The minimum atomic E-state index is -0.427. The molecule has 0 atom stereocenters. The van der Waals surface area contributed by atoms with Gasteiger partial charge in [-0.3, -0.25) is 19.0 Å². The van der Waals surface area contributed by atoms with Crippen molar-refractivity contribution in [3.63, 3.8) is 0 Å². The van der Waals surface area contributed by atoms with E-state index in [9.17, 15) is 18.8 Å². The predicted octanol–water partition coefficient (Wildman–Crippen LogP) is 3.98. The maximum Gasteiger partial charge on any atom is 0.262 e. The van der Waals surface area contributed by atoms with Crippen molar-refractivity contribution < 1.29 is 23.5 Å². The van der Waals surface area contributed by atoms with Crippen molar-refractivity contribution in [2.75, 3.05) is 43.6 Å². The number of carbonyl (C=O) groups excluding carboxylic acids is 2. The number of amides is 1. The number of carbonyl (C=O) groups is 2. The molecule has 0 bridgehead atoms. The zero-order valence-corrected chi connectivity index (χ0v) is 22.9. The molecule has 0 saturated carbocycles. The topological polar surface area (TPSA) is 94.0 Å². The number of nitrogens with zero attached hydrogens (tertiary/aromatic N) is 4. The minimum absolute atomic E-state index is 0.0104. The number of rotatable bonds is 8. The normalized spacial score (nSPS) is 14.5. The number of anilines is 1. The Bertz CT molecular complexity index is 1650. The van der Waals surface area contributed by atoms with Crippen LogP contribution >= 0.6 is 11.8 Å². The van der Waals surface area contributed by atoms with Gasteiger partial charge in [-0.25, -0.2) is 9.37 Å². The van der Waals surface area contributed by atoms with Crippen molar-refractivity contribution in [3.8, 4) is 11.5 Å². The summed E-state index contributed by atoms with van der Waals surface area (Å²) in [6.07, 6.45) is 0.114. The number of hydrogen-bond acceptors (Lipinski definition) is 8. The van der Waals surface area contributed by atoms with Gasteiger partial charge in [0, 0.05) is 56.5 Å². The van der Waals surface area contributed by atoms with Crippen LogP contribution in [0.4, 0.5) is 10.1 Å². The highest BCUT2D eigenvalue weighted by molar-refractivity contribution is 7.99. The van der Waals surface area contributed by atoms with Crippen LogP contribution in [0.25, 0.3) is 10.9 Å². The summed E-state index contributed by atoms with van der Waals surface area (Å²) >= 11 is 1.11. The van der Waals surface area contributed by atoms with E-state index in [0.29, 0.717) is 46.2 Å². The van der Waals surface area contributed by atoms with Gasteiger partial charge < -0.3 is 19.3 Å². The summed E-state index contributed by atoms with van der Waals surface area (Å²) in [4.78, 5) is 48.3. The lowest BCUT2D eigenvalue weighted by atomic mass is 10.1. The van der Waals surface area contributed by atoms with Crippen LogP contribution in [0.15, 0.2) is 76.7 Å². The number of para-hydroxylation sites is 1. The van der Waals surface area contributed by atoms with Crippen LogP contribution in [0.5, 0.6) is 11.5 Å². The summed E-state index contributed by atoms with van der Waals surface area (Å²) in [7, 11) is 0. The third-order valence-electron chi connectivity index (χ3n) is 7.22. The molecule has 11 heteroatoms. The second-order valence-corrected chi connectivity index (χ2v) is 10.7. The van der Waals surface area contributed by atoms with Crippen molar-refractivity contribution in [2.24, 2.45) is 0 Å². The monoisotopic (exact) mass is 574 g/mol. The predicted molar refractivity (Wildman–Crippen MR) is 153 cm³/mol. The van der Waals surface area contributed by atoms with Crippen LogP contribution in [0.3, 0.4) is 0 Å². The summed E-state index contributed by atoms with van der Waals surface area (Å²) < 4.78 is 25.6. The highest BCUT2D eigenvalue weighted by atomic mass is 32.2. The van der Waals surface area contributed by atoms with Gasteiger partial charge in [0.2, 0.25) is 12.7 Å². The molecule has 6 rings (SSSR count). The van der Waals surface area contributed by atoms with E-state index in [1.807, 2.05) is 23.1 Å². The Hall–Kier alpha value is -4.38. The molecule has 210 valence electrons. The molecule has 2 aliphatic heterocycles. The van der Waals surface area contributed by atoms with Crippen molar-refractivity contribution in [1.82, 2.24) is 14.5 Å². The molecule has 0 N–H and O–H groups in total. The Morgan fingerprint density at radius 3 is 2.37 bits per heavy atom. The molecule has 0 radical (unpaired) electrons. The van der Waals surface area contributed by atoms with Gasteiger partial charge in [0.25, 0.3) is 5.56 Å². The summed E-state index contributed by atoms with van der Waals surface area (Å²) in [6.45, 7) is 2.81. The van der Waals surface area contributed by atoms with Gasteiger partial charge in [0.1, 0.15) is 5.82 Å². The first-order valence-electron chi connectivity index (χ1n) is 13.3. The standard InChI is InChI=1S/C30H27FN4O5S/c31-21-8-6-20(7-9-21)25(36)18-41-30-32-24-17-27-26(39-19-40-27)16-23(24)29(38)35(30)11-10-28(37)34-14-12-33(13-15-34)22-4-2-1-3-5-22/h1-9,16-17H,10-15,18-19H2. The summed E-state index contributed by atoms with van der Waals surface area (Å²) in [5, 5.41) is 0.658. The highest BCUT2D eigenvalue weighted by Gasteiger charge is 2.23. The number of halogens is 1. The van der Waals surface area contributed by atoms with E-state index in [2.05, 4.69) is 22.0 Å². The van der Waals surface area contributed by atoms with Crippen LogP contribution in [-0.4, -0.2) is 64.9 Å². The Morgan fingerprint density at radius 1 is 0.927 bits per heavy atom. The fraction of sp³-hybridized carbons (Fsp3) is 0.267. The lowest BCUT2D eigenvalue weighted by molar-refractivity contribution is -0.131. The van der Waals surface area contributed by atoms with Crippen LogP contribution in [-0.2, 0) is 11.3 Å². The van der Waals surface area contributed by atoms with Gasteiger partial charge in [-0.2, -0.15) is 0 Å². The van der Waals surface area contributed by atoms with Gasteiger partial charge in [-0.15, -0.1) is 0 Å².